The molecule has 0 aromatic carbocycles. The Morgan fingerprint density at radius 3 is 3.00 bits per heavy atom. The first kappa shape index (κ1) is 6.54. The van der Waals surface area contributed by atoms with Gasteiger partial charge in [0.25, 0.3) is 0 Å². The van der Waals surface area contributed by atoms with Crippen molar-refractivity contribution in [3.8, 4) is 0 Å². The van der Waals surface area contributed by atoms with Gasteiger partial charge in [-0.05, 0) is 0 Å². The third kappa shape index (κ3) is 1.22. The van der Waals surface area contributed by atoms with Gasteiger partial charge in [-0.1, -0.05) is 0 Å². The van der Waals surface area contributed by atoms with Crippen LogP contribution in [0.1, 0.15) is 0 Å². The lowest BCUT2D eigenvalue weighted by Gasteiger charge is -1.93. The monoisotopic (exact) mass is 136 g/mol. The third-order valence-corrected chi connectivity index (χ3v) is 0.953. The summed E-state index contributed by atoms with van der Waals surface area (Å²) in [6.07, 6.45) is 4.17. The average molecular weight is 136 g/mol. The number of aliphatic imine (C=N–C) groups is 2. The molecule has 0 aromatic heterocycles. The summed E-state index contributed by atoms with van der Waals surface area (Å²) >= 11 is 0. The minimum Gasteiger partial charge on any atom is -0.287 e. The van der Waals surface area contributed by atoms with E-state index in [0.717, 1.165) is 0 Å². The Kier molecular flexibility index (Phi) is 1.84. The lowest BCUT2D eigenvalue weighted by atomic mass is 10.2. The zero-order valence-corrected chi connectivity index (χ0v) is 5.02. The summed E-state index contributed by atoms with van der Waals surface area (Å²) in [6.45, 7) is 0. The van der Waals surface area contributed by atoms with Gasteiger partial charge < -0.3 is 0 Å². The number of hydrogen-bond donors (Lipinski definition) is 0. The predicted octanol–water partition coefficient (Wildman–Crippen LogP) is -0.249. The van der Waals surface area contributed by atoms with E-state index >= 15 is 0 Å². The molecule has 0 saturated heterocycles. The second kappa shape index (κ2) is 2.82. The summed E-state index contributed by atoms with van der Waals surface area (Å²) < 4.78 is 0. The molecule has 4 heteroatoms. The van der Waals surface area contributed by atoms with Crippen LogP contribution in [0.15, 0.2) is 22.3 Å². The first-order chi connectivity index (χ1) is 4.84. The van der Waals surface area contributed by atoms with Gasteiger partial charge in [0, 0.05) is 12.3 Å². The van der Waals surface area contributed by atoms with E-state index in [4.69, 9.17) is 0 Å². The van der Waals surface area contributed by atoms with E-state index < -0.39 is 0 Å². The molecule has 1 aliphatic heterocycles. The van der Waals surface area contributed by atoms with Crippen molar-refractivity contribution >= 4 is 24.1 Å². The van der Waals surface area contributed by atoms with Crippen LogP contribution in [0.25, 0.3) is 0 Å². The molecule has 0 fully saturated rings. The number of carbonyl (C=O) groups excluding carboxylic acids is 2. The van der Waals surface area contributed by atoms with Crippen LogP contribution >= 0.6 is 0 Å². The van der Waals surface area contributed by atoms with Crippen molar-refractivity contribution < 1.29 is 9.59 Å². The van der Waals surface area contributed by atoms with Crippen LogP contribution in [0.5, 0.6) is 0 Å². The highest BCUT2D eigenvalue weighted by Crippen LogP contribution is 1.89. The first-order valence-electron chi connectivity index (χ1n) is 2.60. The molecule has 0 spiro atoms. The van der Waals surface area contributed by atoms with Crippen LogP contribution in [-0.4, -0.2) is 24.1 Å². The summed E-state index contributed by atoms with van der Waals surface area (Å²) in [5, 5.41) is 0. The van der Waals surface area contributed by atoms with E-state index in [0.29, 0.717) is 6.41 Å². The highest BCUT2D eigenvalue weighted by Gasteiger charge is 2.06. The van der Waals surface area contributed by atoms with Crippen molar-refractivity contribution in [2.45, 2.75) is 0 Å². The summed E-state index contributed by atoms with van der Waals surface area (Å²) in [7, 11) is 0. The molecule has 0 radical (unpaired) electrons. The second-order valence-corrected chi connectivity index (χ2v) is 1.58. The SMILES string of the molecule is O=CN=C1C=NC=CC1=O. The average Bonchev–Trinajstić information content (AvgIpc) is 1.94. The molecule has 1 amide bonds. The minimum absolute atomic E-state index is 0.0810. The summed E-state index contributed by atoms with van der Waals surface area (Å²) in [5.74, 6) is -0.290. The Morgan fingerprint density at radius 1 is 1.60 bits per heavy atom. The minimum atomic E-state index is -0.290. The standard InChI is InChI=1S/C6H4N2O2/c9-4-8-5-3-7-2-1-6(5)10/h1-4H. The smallest absolute Gasteiger partial charge is 0.233 e. The molecule has 0 aromatic rings. The molecule has 1 heterocycles. The Labute approximate surface area is 57.0 Å². The van der Waals surface area contributed by atoms with Gasteiger partial charge in [-0.3, -0.25) is 14.6 Å². The number of rotatable bonds is 1. The van der Waals surface area contributed by atoms with Crippen molar-refractivity contribution in [1.29, 1.82) is 0 Å². The van der Waals surface area contributed by atoms with Crippen LogP contribution in [0.2, 0.25) is 0 Å². The molecule has 4 nitrogen and oxygen atoms in total. The number of allylic oxidation sites excluding steroid dienone is 1. The number of amides is 1. The molecule has 10 heavy (non-hydrogen) atoms. The molecule has 0 N–H and O–H groups in total. The van der Waals surface area contributed by atoms with Crippen molar-refractivity contribution in [3.63, 3.8) is 0 Å². The highest BCUT2D eigenvalue weighted by atomic mass is 16.1. The number of carbonyl (C=O) groups is 2. The zero-order valence-electron chi connectivity index (χ0n) is 5.02. The summed E-state index contributed by atoms with van der Waals surface area (Å²) in [4.78, 5) is 27.4. The molecule has 0 bridgehead atoms. The van der Waals surface area contributed by atoms with E-state index in [9.17, 15) is 9.59 Å². The van der Waals surface area contributed by atoms with Gasteiger partial charge in [-0.25, -0.2) is 4.99 Å². The lowest BCUT2D eigenvalue weighted by Crippen LogP contribution is -2.15. The lowest BCUT2D eigenvalue weighted by molar-refractivity contribution is -0.110. The Morgan fingerprint density at radius 2 is 2.40 bits per heavy atom. The number of nitrogens with zero attached hydrogens (tertiary/aromatic N) is 2. The first-order valence-corrected chi connectivity index (χ1v) is 2.60. The quantitative estimate of drug-likeness (QED) is 0.467. The fourth-order valence-electron chi connectivity index (χ4n) is 0.527. The highest BCUT2D eigenvalue weighted by molar-refractivity contribution is 6.65. The Balaban J connectivity index is 2.90. The fourth-order valence-corrected chi connectivity index (χ4v) is 0.527. The van der Waals surface area contributed by atoms with Gasteiger partial charge in [0.15, 0.2) is 0 Å². The van der Waals surface area contributed by atoms with Gasteiger partial charge in [-0.15, -0.1) is 0 Å². The second-order valence-electron chi connectivity index (χ2n) is 1.58. The van der Waals surface area contributed by atoms with Crippen LogP contribution in [0, 0.1) is 0 Å². The van der Waals surface area contributed by atoms with Crippen molar-refractivity contribution in [2.24, 2.45) is 9.98 Å². The summed E-state index contributed by atoms with van der Waals surface area (Å²) in [6, 6.07) is 0. The van der Waals surface area contributed by atoms with Crippen LogP contribution in [0.3, 0.4) is 0 Å². The van der Waals surface area contributed by atoms with Gasteiger partial charge in [0.05, 0.1) is 6.21 Å². The molecule has 1 aliphatic rings. The molecular formula is C6H4N2O2. The zero-order chi connectivity index (χ0) is 7.40. The summed E-state index contributed by atoms with van der Waals surface area (Å²) in [5.41, 5.74) is 0.0810. The molecule has 1 rings (SSSR count). The third-order valence-electron chi connectivity index (χ3n) is 0.953. The van der Waals surface area contributed by atoms with Gasteiger partial charge in [-0.2, -0.15) is 0 Å². The maximum absolute atomic E-state index is 10.7. The predicted molar refractivity (Wildman–Crippen MR) is 36.1 cm³/mol. The maximum Gasteiger partial charge on any atom is 0.233 e. The van der Waals surface area contributed by atoms with Gasteiger partial charge in [0.2, 0.25) is 12.2 Å². The van der Waals surface area contributed by atoms with Crippen molar-refractivity contribution in [3.05, 3.63) is 12.3 Å². The largest absolute Gasteiger partial charge is 0.287 e. The van der Waals surface area contributed by atoms with E-state index in [-0.39, 0.29) is 11.5 Å². The van der Waals surface area contributed by atoms with Crippen molar-refractivity contribution in [2.75, 3.05) is 0 Å². The topological polar surface area (TPSA) is 58.9 Å². The maximum atomic E-state index is 10.7. The number of ketones is 1. The van der Waals surface area contributed by atoms with Crippen LogP contribution < -0.4 is 0 Å². The fraction of sp³-hybridized carbons (Fsp3) is 0. The molecule has 50 valence electrons. The normalized spacial score (nSPS) is 20.0. The van der Waals surface area contributed by atoms with Crippen LogP contribution in [-0.2, 0) is 9.59 Å². The Bertz CT molecular complexity index is 250. The van der Waals surface area contributed by atoms with E-state index in [1.165, 1.54) is 18.5 Å². The molecule has 0 atom stereocenters. The molecule has 0 aliphatic carbocycles. The Hall–Kier alpha value is -1.58. The van der Waals surface area contributed by atoms with Gasteiger partial charge >= 0.3 is 0 Å². The molecule has 0 saturated carbocycles. The van der Waals surface area contributed by atoms with E-state index in [1.54, 1.807) is 0 Å². The van der Waals surface area contributed by atoms with Crippen LogP contribution in [0.4, 0.5) is 0 Å². The van der Waals surface area contributed by atoms with E-state index in [2.05, 4.69) is 9.98 Å². The van der Waals surface area contributed by atoms with Gasteiger partial charge in [0.1, 0.15) is 5.71 Å². The van der Waals surface area contributed by atoms with E-state index in [1.807, 2.05) is 0 Å². The molecular weight excluding hydrogens is 132 g/mol. The van der Waals surface area contributed by atoms with Crippen molar-refractivity contribution in [1.82, 2.24) is 0 Å². The number of hydrogen-bond acceptors (Lipinski definition) is 3. The molecule has 0 unspecified atom stereocenters.